The highest BCUT2D eigenvalue weighted by Gasteiger charge is 2.28. The summed E-state index contributed by atoms with van der Waals surface area (Å²) in [5, 5.41) is 13.5. The number of aromatic nitrogens is 4. The standard InChI is InChI=1S/C37H37FN8O3/c1-21(2)37(49)44-15-13-27(14-16-44)46-18-28(32-34(40)41-20-42-35(32)46)23-7-11-26(12-8-23)43-36(48)29-19-45(22(3)4)30(17-39)31(33(29)47)24-5-9-25(38)10-6-24/h5-12,18-22,27H,13-16H2,1-4H3,(H,43,48)(H2,40,41,42). The molecule has 12 heteroatoms. The van der Waals surface area contributed by atoms with Gasteiger partial charge in [-0.3, -0.25) is 14.4 Å². The van der Waals surface area contributed by atoms with Crippen molar-refractivity contribution in [1.29, 1.82) is 5.26 Å². The van der Waals surface area contributed by atoms with E-state index in [-0.39, 0.29) is 40.7 Å². The molecule has 0 radical (unpaired) electrons. The Bertz CT molecular complexity index is 2150. The van der Waals surface area contributed by atoms with Crippen molar-refractivity contribution in [2.45, 2.75) is 52.6 Å². The average molecular weight is 661 g/mol. The van der Waals surface area contributed by atoms with Crippen LogP contribution in [0.3, 0.4) is 0 Å². The Morgan fingerprint density at radius 1 is 0.980 bits per heavy atom. The van der Waals surface area contributed by atoms with E-state index in [0.29, 0.717) is 35.8 Å². The van der Waals surface area contributed by atoms with Crippen LogP contribution in [0.1, 0.15) is 68.7 Å². The quantitative estimate of drug-likeness (QED) is 0.212. The lowest BCUT2D eigenvalue weighted by Crippen LogP contribution is -2.41. The van der Waals surface area contributed by atoms with E-state index in [4.69, 9.17) is 5.73 Å². The maximum absolute atomic E-state index is 13.7. The number of benzene rings is 2. The maximum Gasteiger partial charge on any atom is 0.261 e. The summed E-state index contributed by atoms with van der Waals surface area (Å²) >= 11 is 0. The molecule has 0 unspecified atom stereocenters. The Balaban J connectivity index is 1.30. The second-order valence-corrected chi connectivity index (χ2v) is 12.9. The van der Waals surface area contributed by atoms with Crippen molar-refractivity contribution in [3.05, 3.63) is 94.5 Å². The monoisotopic (exact) mass is 660 g/mol. The van der Waals surface area contributed by atoms with Crippen molar-refractivity contribution in [2.24, 2.45) is 5.92 Å². The molecule has 5 aromatic rings. The highest BCUT2D eigenvalue weighted by atomic mass is 19.1. The van der Waals surface area contributed by atoms with Crippen LogP contribution in [0.2, 0.25) is 0 Å². The lowest BCUT2D eigenvalue weighted by molar-refractivity contribution is -0.135. The number of nitrogens with zero attached hydrogens (tertiary/aromatic N) is 6. The van der Waals surface area contributed by atoms with E-state index in [1.165, 1.54) is 36.8 Å². The van der Waals surface area contributed by atoms with Crippen molar-refractivity contribution in [1.82, 2.24) is 24.0 Å². The molecule has 250 valence electrons. The minimum absolute atomic E-state index is 0.0348. The van der Waals surface area contributed by atoms with Gasteiger partial charge < -0.3 is 25.1 Å². The van der Waals surface area contributed by atoms with Crippen LogP contribution in [0.5, 0.6) is 0 Å². The summed E-state index contributed by atoms with van der Waals surface area (Å²) in [6.07, 6.45) is 6.44. The molecule has 0 saturated carbocycles. The van der Waals surface area contributed by atoms with Gasteiger partial charge in [0, 0.05) is 54.7 Å². The largest absolute Gasteiger partial charge is 0.383 e. The maximum atomic E-state index is 13.7. The zero-order chi connectivity index (χ0) is 35.0. The van der Waals surface area contributed by atoms with Gasteiger partial charge in [-0.2, -0.15) is 5.26 Å². The van der Waals surface area contributed by atoms with Crippen LogP contribution in [-0.4, -0.2) is 48.9 Å². The number of fused-ring (bicyclic) bond motifs is 1. The number of amides is 2. The number of pyridine rings is 1. The molecule has 6 rings (SSSR count). The fraction of sp³-hybridized carbons (Fsp3) is 0.297. The van der Waals surface area contributed by atoms with Gasteiger partial charge >= 0.3 is 0 Å². The fourth-order valence-corrected chi connectivity index (χ4v) is 6.47. The number of nitrogens with one attached hydrogen (secondary N) is 1. The number of hydrogen-bond donors (Lipinski definition) is 2. The van der Waals surface area contributed by atoms with Gasteiger partial charge in [0.2, 0.25) is 11.3 Å². The number of piperidine rings is 1. The first-order valence-corrected chi connectivity index (χ1v) is 16.2. The molecule has 1 fully saturated rings. The summed E-state index contributed by atoms with van der Waals surface area (Å²) in [6.45, 7) is 8.84. The van der Waals surface area contributed by atoms with Gasteiger partial charge in [-0.15, -0.1) is 0 Å². The zero-order valence-electron chi connectivity index (χ0n) is 27.8. The summed E-state index contributed by atoms with van der Waals surface area (Å²) < 4.78 is 17.4. The van der Waals surface area contributed by atoms with Crippen molar-refractivity contribution >= 4 is 34.4 Å². The van der Waals surface area contributed by atoms with E-state index in [0.717, 1.165) is 29.4 Å². The Hall–Kier alpha value is -5.83. The molecular weight excluding hydrogens is 623 g/mol. The molecule has 0 spiro atoms. The molecule has 0 aliphatic carbocycles. The first-order chi connectivity index (χ1) is 23.5. The van der Waals surface area contributed by atoms with Gasteiger partial charge in [0.05, 0.1) is 10.9 Å². The molecule has 1 aliphatic rings. The SMILES string of the molecule is CC(C)C(=O)N1CCC(n2cc(-c3ccc(NC(=O)c4cn(C(C)C)c(C#N)c(-c5ccc(F)cc5)c4=O)cc3)c3c(N)ncnc32)CC1. The molecule has 4 heterocycles. The predicted octanol–water partition coefficient (Wildman–Crippen LogP) is 6.17. The van der Waals surface area contributed by atoms with Crippen LogP contribution in [-0.2, 0) is 4.79 Å². The van der Waals surface area contributed by atoms with Crippen LogP contribution in [0, 0.1) is 23.1 Å². The lowest BCUT2D eigenvalue weighted by atomic mass is 10.00. The summed E-state index contributed by atoms with van der Waals surface area (Å²) in [7, 11) is 0. The molecule has 49 heavy (non-hydrogen) atoms. The molecule has 0 atom stereocenters. The van der Waals surface area contributed by atoms with E-state index in [9.17, 15) is 24.0 Å². The fourth-order valence-electron chi connectivity index (χ4n) is 6.47. The third-order valence-corrected chi connectivity index (χ3v) is 9.03. The number of rotatable bonds is 7. The van der Waals surface area contributed by atoms with Gasteiger partial charge in [-0.25, -0.2) is 14.4 Å². The molecule has 3 aromatic heterocycles. The number of carbonyl (C=O) groups excluding carboxylic acids is 2. The number of hydrogen-bond acceptors (Lipinski definition) is 7. The van der Waals surface area contributed by atoms with E-state index in [2.05, 4.69) is 25.9 Å². The predicted molar refractivity (Wildman–Crippen MR) is 186 cm³/mol. The second kappa shape index (κ2) is 13.4. The summed E-state index contributed by atoms with van der Waals surface area (Å²) in [5.74, 6) is -0.658. The summed E-state index contributed by atoms with van der Waals surface area (Å²) in [4.78, 5) is 50.5. The number of nitrogens with two attached hydrogens (primary N) is 1. The van der Waals surface area contributed by atoms with E-state index >= 15 is 0 Å². The third-order valence-electron chi connectivity index (χ3n) is 9.03. The van der Waals surface area contributed by atoms with Gasteiger partial charge in [-0.05, 0) is 62.1 Å². The molecule has 0 bridgehead atoms. The van der Waals surface area contributed by atoms with Crippen molar-refractivity contribution in [3.63, 3.8) is 0 Å². The van der Waals surface area contributed by atoms with Gasteiger partial charge in [-0.1, -0.05) is 38.1 Å². The van der Waals surface area contributed by atoms with Crippen molar-refractivity contribution in [2.75, 3.05) is 24.1 Å². The van der Waals surface area contributed by atoms with Crippen LogP contribution in [0.4, 0.5) is 15.9 Å². The summed E-state index contributed by atoms with van der Waals surface area (Å²) in [5.41, 5.74) is 8.90. The van der Waals surface area contributed by atoms with Gasteiger partial charge in [0.15, 0.2) is 0 Å². The molecule has 1 saturated heterocycles. The number of nitrogen functional groups attached to an aromatic ring is 1. The second-order valence-electron chi connectivity index (χ2n) is 12.9. The third kappa shape index (κ3) is 6.27. The zero-order valence-corrected chi connectivity index (χ0v) is 27.8. The number of nitriles is 1. The number of halogens is 1. The Labute approximate surface area is 282 Å². The smallest absolute Gasteiger partial charge is 0.261 e. The minimum atomic E-state index is -0.642. The number of anilines is 2. The summed E-state index contributed by atoms with van der Waals surface area (Å²) in [6, 6.07) is 14.4. The topological polar surface area (TPSA) is 152 Å². The first kappa shape index (κ1) is 33.1. The number of likely N-dealkylation sites (tertiary alicyclic amines) is 1. The van der Waals surface area contributed by atoms with Crippen LogP contribution in [0.25, 0.3) is 33.3 Å². The molecule has 2 amide bonds. The highest BCUT2D eigenvalue weighted by molar-refractivity contribution is 6.05. The van der Waals surface area contributed by atoms with Gasteiger partial charge in [0.1, 0.15) is 40.9 Å². The van der Waals surface area contributed by atoms with Crippen LogP contribution < -0.4 is 16.5 Å². The van der Waals surface area contributed by atoms with Crippen LogP contribution >= 0.6 is 0 Å². The first-order valence-electron chi connectivity index (χ1n) is 16.2. The number of carbonyl (C=O) groups is 2. The van der Waals surface area contributed by atoms with E-state index in [1.54, 1.807) is 16.7 Å². The minimum Gasteiger partial charge on any atom is -0.383 e. The van der Waals surface area contributed by atoms with Crippen molar-refractivity contribution in [3.8, 4) is 28.3 Å². The Morgan fingerprint density at radius 2 is 1.63 bits per heavy atom. The highest BCUT2D eigenvalue weighted by Crippen LogP contribution is 2.37. The molecule has 2 aromatic carbocycles. The molecule has 1 aliphatic heterocycles. The van der Waals surface area contributed by atoms with Gasteiger partial charge in [0.25, 0.3) is 5.91 Å². The normalized spacial score (nSPS) is 13.6. The van der Waals surface area contributed by atoms with E-state index < -0.39 is 17.2 Å². The molecule has 3 N–H and O–H groups in total. The van der Waals surface area contributed by atoms with E-state index in [1.807, 2.05) is 50.9 Å². The Morgan fingerprint density at radius 3 is 2.24 bits per heavy atom. The average Bonchev–Trinajstić information content (AvgIpc) is 3.49. The van der Waals surface area contributed by atoms with Crippen LogP contribution in [0.15, 0.2) is 72.0 Å². The molecular formula is C37H37FN8O3. The Kier molecular flexibility index (Phi) is 9.01. The van der Waals surface area contributed by atoms with Crippen molar-refractivity contribution < 1.29 is 14.0 Å². The lowest BCUT2D eigenvalue weighted by Gasteiger charge is -2.34. The molecule has 11 nitrogen and oxygen atoms in total.